The van der Waals surface area contributed by atoms with Gasteiger partial charge in [-0.05, 0) is 53.5 Å². The number of halogens is 4. The average Bonchev–Trinajstić information content (AvgIpc) is 2.85. The van der Waals surface area contributed by atoms with Gasteiger partial charge in [-0.15, -0.1) is 0 Å². The van der Waals surface area contributed by atoms with Gasteiger partial charge >= 0.3 is 6.18 Å². The predicted octanol–water partition coefficient (Wildman–Crippen LogP) is 5.30. The van der Waals surface area contributed by atoms with Gasteiger partial charge in [0, 0.05) is 24.8 Å². The number of aliphatic hydroxyl groups is 1. The second-order valence-corrected chi connectivity index (χ2v) is 9.34. The van der Waals surface area contributed by atoms with Crippen molar-refractivity contribution < 1.29 is 23.1 Å². The number of hydrogen-bond acceptors (Lipinski definition) is 4. The summed E-state index contributed by atoms with van der Waals surface area (Å²) in [6.07, 6.45) is -2.50. The van der Waals surface area contributed by atoms with E-state index in [0.29, 0.717) is 37.0 Å². The molecule has 0 amide bonds. The number of unbranched alkanes of at least 4 members (excludes halogenated alkanes) is 1. The van der Waals surface area contributed by atoms with E-state index in [-0.39, 0.29) is 17.9 Å². The zero-order chi connectivity index (χ0) is 22.2. The van der Waals surface area contributed by atoms with E-state index in [4.69, 9.17) is 11.6 Å². The number of imidazole rings is 1. The van der Waals surface area contributed by atoms with Gasteiger partial charge in [0.05, 0.1) is 10.6 Å². The molecule has 29 heavy (non-hydrogen) atoms. The summed E-state index contributed by atoms with van der Waals surface area (Å²) >= 11 is 5.79. The zero-order valence-electron chi connectivity index (χ0n) is 17.3. The molecular formula is C20H27ClF3N3O2. The number of alkyl halides is 3. The van der Waals surface area contributed by atoms with Gasteiger partial charge in [-0.25, -0.2) is 9.97 Å². The maximum absolute atomic E-state index is 13.2. The van der Waals surface area contributed by atoms with Crippen LogP contribution in [0.3, 0.4) is 0 Å². The van der Waals surface area contributed by atoms with E-state index in [0.717, 1.165) is 0 Å². The fourth-order valence-corrected chi connectivity index (χ4v) is 3.53. The molecule has 0 saturated heterocycles. The molecule has 0 unspecified atom stereocenters. The van der Waals surface area contributed by atoms with Crippen LogP contribution >= 0.6 is 11.6 Å². The van der Waals surface area contributed by atoms with Gasteiger partial charge in [0.15, 0.2) is 11.3 Å². The van der Waals surface area contributed by atoms with Crippen molar-refractivity contribution in [1.29, 1.82) is 0 Å². The van der Waals surface area contributed by atoms with E-state index in [9.17, 15) is 23.1 Å². The van der Waals surface area contributed by atoms with Gasteiger partial charge in [0.25, 0.3) is 0 Å². The number of rotatable bonds is 7. The Labute approximate surface area is 173 Å². The van der Waals surface area contributed by atoms with Crippen LogP contribution in [0.15, 0.2) is 6.07 Å². The first-order chi connectivity index (χ1) is 13.1. The summed E-state index contributed by atoms with van der Waals surface area (Å²) in [5.41, 5.74) is -2.24. The van der Waals surface area contributed by atoms with Crippen LogP contribution in [0.25, 0.3) is 11.2 Å². The van der Waals surface area contributed by atoms with Gasteiger partial charge in [-0.2, -0.15) is 13.2 Å². The number of Topliss-reactive ketones (excluding diaryl/α,β-unsaturated/α-hetero) is 1. The molecule has 2 aromatic rings. The molecule has 0 aromatic carbocycles. The number of ketones is 1. The summed E-state index contributed by atoms with van der Waals surface area (Å²) in [6, 6.07) is 1.20. The number of carbonyl (C=O) groups excluding carboxylic acids is 1. The normalized spacial score (nSPS) is 13.3. The summed E-state index contributed by atoms with van der Waals surface area (Å²) in [5, 5.41) is 9.22. The molecule has 0 fully saturated rings. The van der Waals surface area contributed by atoms with Crippen molar-refractivity contribution in [1.82, 2.24) is 14.5 Å². The van der Waals surface area contributed by atoms with Crippen LogP contribution in [0.5, 0.6) is 0 Å². The third kappa shape index (κ3) is 6.15. The zero-order valence-corrected chi connectivity index (χ0v) is 18.1. The summed E-state index contributed by atoms with van der Waals surface area (Å²) in [6.45, 7) is 8.78. The van der Waals surface area contributed by atoms with Crippen LogP contribution in [0.2, 0.25) is 5.02 Å². The SMILES string of the molecule is CC(C)(O)CC(=O)CCCCc1nc2cc(Cl)c(C(F)(F)F)nc2n1C(C)(C)C. The maximum Gasteiger partial charge on any atom is 0.434 e. The lowest BCUT2D eigenvalue weighted by atomic mass is 9.98. The molecule has 5 nitrogen and oxygen atoms in total. The highest BCUT2D eigenvalue weighted by Gasteiger charge is 2.37. The highest BCUT2D eigenvalue weighted by molar-refractivity contribution is 6.31. The predicted molar refractivity (Wildman–Crippen MR) is 106 cm³/mol. The third-order valence-electron chi connectivity index (χ3n) is 4.33. The topological polar surface area (TPSA) is 68.0 Å². The van der Waals surface area contributed by atoms with Gasteiger partial charge in [0.2, 0.25) is 0 Å². The van der Waals surface area contributed by atoms with E-state index in [2.05, 4.69) is 9.97 Å². The van der Waals surface area contributed by atoms with Crippen molar-refractivity contribution in [2.75, 3.05) is 0 Å². The Morgan fingerprint density at radius 3 is 2.28 bits per heavy atom. The Hall–Kier alpha value is -1.67. The first kappa shape index (κ1) is 23.6. The molecule has 0 saturated carbocycles. The number of pyridine rings is 1. The minimum absolute atomic E-state index is 0.0231. The van der Waals surface area contributed by atoms with Gasteiger partial charge < -0.3 is 9.67 Å². The molecular weight excluding hydrogens is 407 g/mol. The molecule has 0 aliphatic rings. The number of hydrogen-bond donors (Lipinski definition) is 1. The number of aromatic nitrogens is 3. The van der Waals surface area contributed by atoms with Crippen LogP contribution in [0, 0.1) is 0 Å². The van der Waals surface area contributed by atoms with Crippen molar-refractivity contribution in [3.8, 4) is 0 Å². The van der Waals surface area contributed by atoms with E-state index in [1.165, 1.54) is 6.07 Å². The lowest BCUT2D eigenvalue weighted by molar-refractivity contribution is -0.140. The Morgan fingerprint density at radius 1 is 1.14 bits per heavy atom. The standard InChI is InChI=1S/C20H27ClF3N3O2/c1-18(2,3)27-15(9-7-6-8-12(28)11-19(4,5)29)25-14-10-13(21)16(20(22,23)24)26-17(14)27/h10,29H,6-9,11H2,1-5H3. The molecule has 9 heteroatoms. The molecule has 0 aliphatic carbocycles. The highest BCUT2D eigenvalue weighted by Crippen LogP contribution is 2.36. The molecule has 2 rings (SSSR count). The molecule has 0 bridgehead atoms. The quantitative estimate of drug-likeness (QED) is 0.601. The Balaban J connectivity index is 2.26. The third-order valence-corrected chi connectivity index (χ3v) is 4.62. The van der Waals surface area contributed by atoms with Gasteiger partial charge in [-0.1, -0.05) is 11.6 Å². The first-order valence-corrected chi connectivity index (χ1v) is 9.87. The second kappa shape index (κ2) is 8.22. The minimum Gasteiger partial charge on any atom is -0.390 e. The smallest absolute Gasteiger partial charge is 0.390 e. The second-order valence-electron chi connectivity index (χ2n) is 8.93. The lowest BCUT2D eigenvalue weighted by Crippen LogP contribution is -2.25. The number of fused-ring (bicyclic) bond motifs is 1. The van der Waals surface area contributed by atoms with Crippen LogP contribution in [-0.4, -0.2) is 31.0 Å². The van der Waals surface area contributed by atoms with Crippen LogP contribution in [0.1, 0.15) is 71.8 Å². The number of aryl methyl sites for hydroxylation is 1. The summed E-state index contributed by atoms with van der Waals surface area (Å²) in [5.74, 6) is 0.579. The molecule has 2 aromatic heterocycles. The molecule has 0 radical (unpaired) electrons. The van der Waals surface area contributed by atoms with E-state index in [1.807, 2.05) is 20.8 Å². The minimum atomic E-state index is -4.65. The maximum atomic E-state index is 13.2. The number of carbonyl (C=O) groups is 1. The Kier molecular flexibility index (Phi) is 6.69. The van der Waals surface area contributed by atoms with Crippen LogP contribution < -0.4 is 0 Å². The molecule has 0 atom stereocenters. The highest BCUT2D eigenvalue weighted by atomic mass is 35.5. The first-order valence-electron chi connectivity index (χ1n) is 9.49. The Morgan fingerprint density at radius 2 is 1.76 bits per heavy atom. The fourth-order valence-electron chi connectivity index (χ4n) is 3.28. The van der Waals surface area contributed by atoms with Crippen molar-refractivity contribution in [3.63, 3.8) is 0 Å². The lowest BCUT2D eigenvalue weighted by Gasteiger charge is -2.24. The van der Waals surface area contributed by atoms with Crippen molar-refractivity contribution in [3.05, 3.63) is 22.6 Å². The molecule has 162 valence electrons. The summed E-state index contributed by atoms with van der Waals surface area (Å²) < 4.78 is 41.4. The molecule has 0 aliphatic heterocycles. The number of nitrogens with zero attached hydrogens (tertiary/aromatic N) is 3. The van der Waals surface area contributed by atoms with E-state index in [1.54, 1.807) is 18.4 Å². The van der Waals surface area contributed by atoms with Crippen LogP contribution in [-0.2, 0) is 22.9 Å². The monoisotopic (exact) mass is 433 g/mol. The molecule has 2 heterocycles. The average molecular weight is 434 g/mol. The van der Waals surface area contributed by atoms with E-state index >= 15 is 0 Å². The van der Waals surface area contributed by atoms with Crippen LogP contribution in [0.4, 0.5) is 13.2 Å². The van der Waals surface area contributed by atoms with E-state index < -0.39 is 28.0 Å². The van der Waals surface area contributed by atoms with Crippen molar-refractivity contribution >= 4 is 28.5 Å². The van der Waals surface area contributed by atoms with Crippen molar-refractivity contribution in [2.24, 2.45) is 0 Å². The van der Waals surface area contributed by atoms with Gasteiger partial charge in [0.1, 0.15) is 17.1 Å². The molecule has 1 N–H and O–H groups in total. The summed E-state index contributed by atoms with van der Waals surface area (Å²) in [4.78, 5) is 20.1. The largest absolute Gasteiger partial charge is 0.434 e. The fraction of sp³-hybridized carbons (Fsp3) is 0.650. The summed E-state index contributed by atoms with van der Waals surface area (Å²) in [7, 11) is 0. The Bertz CT molecular complexity index is 893. The van der Waals surface area contributed by atoms with Crippen molar-refractivity contribution in [2.45, 2.75) is 84.0 Å². The molecule has 0 spiro atoms. The van der Waals surface area contributed by atoms with Gasteiger partial charge in [-0.3, -0.25) is 4.79 Å².